The average Bonchev–Trinajstić information content (AvgIpc) is 3.25. The lowest BCUT2D eigenvalue weighted by Gasteiger charge is -2.21. The minimum atomic E-state index is -0.987. The Hall–Kier alpha value is -3.32. The first-order valence-electron chi connectivity index (χ1n) is 10.5. The quantitative estimate of drug-likeness (QED) is 0.437. The van der Waals surface area contributed by atoms with E-state index in [0.717, 1.165) is 21.7 Å². The predicted molar refractivity (Wildman–Crippen MR) is 126 cm³/mol. The van der Waals surface area contributed by atoms with Gasteiger partial charge < -0.3 is 9.73 Å². The Bertz CT molecular complexity index is 1230. The fourth-order valence-corrected chi connectivity index (χ4v) is 4.22. The monoisotopic (exact) mass is 447 g/mol. The van der Waals surface area contributed by atoms with Crippen molar-refractivity contribution >= 4 is 33.6 Å². The van der Waals surface area contributed by atoms with Gasteiger partial charge in [-0.15, -0.1) is 0 Å². The fourth-order valence-electron chi connectivity index (χ4n) is 3.45. The summed E-state index contributed by atoms with van der Waals surface area (Å²) >= 11 is 0. The van der Waals surface area contributed by atoms with E-state index in [2.05, 4.69) is 15.3 Å². The van der Waals surface area contributed by atoms with E-state index in [9.17, 15) is 9.00 Å². The molecule has 0 fully saturated rings. The summed E-state index contributed by atoms with van der Waals surface area (Å²) in [5.74, 6) is 1.07. The zero-order valence-electron chi connectivity index (χ0n) is 18.3. The average molecular weight is 448 g/mol. The van der Waals surface area contributed by atoms with Gasteiger partial charge in [0.05, 0.1) is 22.6 Å². The standard InChI is InChI=1S/C25H25N3O3S/c1-4-32(30)20-13-7-17(8-14-20)16-22(29)27-19-11-9-18(10-12-19)25(2,3)24-28-23-21(31-24)6-5-15-26-23/h5-15H,4,16H2,1-3H3,(H,27,29). The van der Waals surface area contributed by atoms with E-state index in [1.807, 2.05) is 81.4 Å². The number of aromatic nitrogens is 2. The topological polar surface area (TPSA) is 85.1 Å². The second-order valence-electron chi connectivity index (χ2n) is 8.05. The Morgan fingerprint density at radius 3 is 2.44 bits per heavy atom. The van der Waals surface area contributed by atoms with Gasteiger partial charge in [-0.2, -0.15) is 4.98 Å². The van der Waals surface area contributed by atoms with Crippen molar-refractivity contribution < 1.29 is 13.4 Å². The predicted octanol–water partition coefficient (Wildman–Crippen LogP) is 4.86. The molecule has 0 saturated heterocycles. The third-order valence-electron chi connectivity index (χ3n) is 5.40. The first-order valence-corrected chi connectivity index (χ1v) is 11.8. The van der Waals surface area contributed by atoms with Gasteiger partial charge in [0.2, 0.25) is 11.8 Å². The van der Waals surface area contributed by atoms with Crippen molar-refractivity contribution in [2.75, 3.05) is 11.1 Å². The molecule has 0 bridgehead atoms. The van der Waals surface area contributed by atoms with Crippen LogP contribution in [0.5, 0.6) is 0 Å². The highest BCUT2D eigenvalue weighted by Crippen LogP contribution is 2.33. The van der Waals surface area contributed by atoms with E-state index < -0.39 is 16.2 Å². The number of oxazole rings is 1. The number of hydrogen-bond donors (Lipinski definition) is 1. The summed E-state index contributed by atoms with van der Waals surface area (Å²) in [5, 5.41) is 2.93. The number of fused-ring (bicyclic) bond motifs is 1. The fraction of sp³-hybridized carbons (Fsp3) is 0.240. The number of amides is 1. The Morgan fingerprint density at radius 2 is 1.78 bits per heavy atom. The SMILES string of the molecule is CCS(=O)c1ccc(CC(=O)Nc2ccc(C(C)(C)c3nc4ncccc4o3)cc2)cc1. The molecule has 1 unspecified atom stereocenters. The molecule has 6 nitrogen and oxygen atoms in total. The van der Waals surface area contributed by atoms with Gasteiger partial charge in [-0.3, -0.25) is 9.00 Å². The minimum Gasteiger partial charge on any atom is -0.438 e. The molecular formula is C25H25N3O3S. The van der Waals surface area contributed by atoms with Crippen molar-refractivity contribution in [2.24, 2.45) is 0 Å². The van der Waals surface area contributed by atoms with Gasteiger partial charge in [0.1, 0.15) is 0 Å². The molecule has 0 radical (unpaired) electrons. The highest BCUT2D eigenvalue weighted by atomic mass is 32.2. The maximum Gasteiger partial charge on any atom is 0.228 e. The van der Waals surface area contributed by atoms with Crippen molar-refractivity contribution in [3.63, 3.8) is 0 Å². The van der Waals surface area contributed by atoms with Gasteiger partial charge in [0.15, 0.2) is 11.2 Å². The molecule has 7 heteroatoms. The van der Waals surface area contributed by atoms with Gasteiger partial charge in [0, 0.05) is 22.5 Å². The van der Waals surface area contributed by atoms with Gasteiger partial charge in [-0.05, 0) is 61.4 Å². The maximum absolute atomic E-state index is 12.5. The molecule has 164 valence electrons. The highest BCUT2D eigenvalue weighted by Gasteiger charge is 2.29. The van der Waals surface area contributed by atoms with E-state index in [4.69, 9.17) is 4.42 Å². The van der Waals surface area contributed by atoms with E-state index >= 15 is 0 Å². The van der Waals surface area contributed by atoms with Crippen LogP contribution in [0.2, 0.25) is 0 Å². The van der Waals surface area contributed by atoms with Crippen LogP contribution in [0.1, 0.15) is 37.8 Å². The molecule has 0 spiro atoms. The minimum absolute atomic E-state index is 0.105. The number of carbonyl (C=O) groups excluding carboxylic acids is 1. The molecule has 0 saturated carbocycles. The molecule has 4 rings (SSSR count). The number of benzene rings is 2. The molecular weight excluding hydrogens is 422 g/mol. The molecule has 0 aliphatic carbocycles. The third kappa shape index (κ3) is 4.62. The first kappa shape index (κ1) is 21.9. The molecule has 4 aromatic rings. The summed E-state index contributed by atoms with van der Waals surface area (Å²) in [6.45, 7) is 5.97. The van der Waals surface area contributed by atoms with Crippen LogP contribution in [-0.4, -0.2) is 25.8 Å². The molecule has 1 atom stereocenters. The largest absolute Gasteiger partial charge is 0.438 e. The van der Waals surface area contributed by atoms with Crippen LogP contribution < -0.4 is 5.32 Å². The third-order valence-corrected chi connectivity index (χ3v) is 6.73. The molecule has 2 aromatic heterocycles. The Balaban J connectivity index is 1.42. The van der Waals surface area contributed by atoms with Crippen LogP contribution >= 0.6 is 0 Å². The number of hydrogen-bond acceptors (Lipinski definition) is 5. The molecule has 1 amide bonds. The van der Waals surface area contributed by atoms with Crippen molar-refractivity contribution in [2.45, 2.75) is 37.5 Å². The van der Waals surface area contributed by atoms with Gasteiger partial charge in [-0.1, -0.05) is 31.2 Å². The summed E-state index contributed by atoms with van der Waals surface area (Å²) < 4.78 is 17.8. The number of pyridine rings is 1. The number of nitrogens with zero attached hydrogens (tertiary/aromatic N) is 2. The summed E-state index contributed by atoms with van der Waals surface area (Å²) in [7, 11) is -0.987. The van der Waals surface area contributed by atoms with E-state index in [1.165, 1.54) is 0 Å². The number of anilines is 1. The Kier molecular flexibility index (Phi) is 6.19. The molecule has 2 aromatic carbocycles. The van der Waals surface area contributed by atoms with Gasteiger partial charge in [0.25, 0.3) is 0 Å². The molecule has 1 N–H and O–H groups in total. The lowest BCUT2D eigenvalue weighted by atomic mass is 9.84. The lowest BCUT2D eigenvalue weighted by molar-refractivity contribution is -0.115. The summed E-state index contributed by atoms with van der Waals surface area (Å²) in [4.78, 5) is 22.0. The van der Waals surface area contributed by atoms with Crippen molar-refractivity contribution in [1.82, 2.24) is 9.97 Å². The van der Waals surface area contributed by atoms with Crippen LogP contribution in [-0.2, 0) is 27.4 Å². The van der Waals surface area contributed by atoms with E-state index in [-0.39, 0.29) is 12.3 Å². The highest BCUT2D eigenvalue weighted by molar-refractivity contribution is 7.85. The Morgan fingerprint density at radius 1 is 1.06 bits per heavy atom. The molecule has 0 aliphatic heterocycles. The zero-order valence-corrected chi connectivity index (χ0v) is 19.1. The number of carbonyl (C=O) groups is 1. The van der Waals surface area contributed by atoms with Crippen molar-refractivity contribution in [3.8, 4) is 0 Å². The van der Waals surface area contributed by atoms with E-state index in [0.29, 0.717) is 22.9 Å². The second kappa shape index (κ2) is 9.04. The zero-order chi connectivity index (χ0) is 22.7. The van der Waals surface area contributed by atoms with Gasteiger partial charge >= 0.3 is 0 Å². The normalized spacial score (nSPS) is 12.6. The summed E-state index contributed by atoms with van der Waals surface area (Å²) in [5.41, 5.74) is 3.41. The van der Waals surface area contributed by atoms with Crippen molar-refractivity contribution in [3.05, 3.63) is 83.9 Å². The molecule has 32 heavy (non-hydrogen) atoms. The maximum atomic E-state index is 12.5. The van der Waals surface area contributed by atoms with Crippen molar-refractivity contribution in [1.29, 1.82) is 0 Å². The number of rotatable bonds is 7. The molecule has 0 aliphatic rings. The lowest BCUT2D eigenvalue weighted by Crippen LogP contribution is -2.19. The molecule has 2 heterocycles. The Labute approximate surface area is 189 Å². The van der Waals surface area contributed by atoms with Crippen LogP contribution in [0.4, 0.5) is 5.69 Å². The smallest absolute Gasteiger partial charge is 0.228 e. The second-order valence-corrected chi connectivity index (χ2v) is 9.79. The van der Waals surface area contributed by atoms with Crippen LogP contribution in [0, 0.1) is 0 Å². The first-order chi connectivity index (χ1) is 15.4. The van der Waals surface area contributed by atoms with E-state index in [1.54, 1.807) is 6.20 Å². The van der Waals surface area contributed by atoms with Crippen LogP contribution in [0.3, 0.4) is 0 Å². The summed E-state index contributed by atoms with van der Waals surface area (Å²) in [6, 6.07) is 18.7. The van der Waals surface area contributed by atoms with Crippen LogP contribution in [0.25, 0.3) is 11.2 Å². The van der Waals surface area contributed by atoms with Gasteiger partial charge in [-0.25, -0.2) is 4.98 Å². The van der Waals surface area contributed by atoms with Crippen LogP contribution in [0.15, 0.2) is 76.2 Å². The summed E-state index contributed by atoms with van der Waals surface area (Å²) in [6.07, 6.45) is 1.95. The number of nitrogens with one attached hydrogen (secondary N) is 1.